The number of methoxy groups -OCH3 is 1. The number of alkyl halides is 4. The highest BCUT2D eigenvalue weighted by molar-refractivity contribution is 6.76. The average molecular weight is 354 g/mol. The van der Waals surface area contributed by atoms with Crippen LogP contribution in [0, 0.1) is 0 Å². The van der Waals surface area contributed by atoms with Gasteiger partial charge in [0.2, 0.25) is 0 Å². The summed E-state index contributed by atoms with van der Waals surface area (Å²) in [6.07, 6.45) is 0.792. The number of hydrogen-bond acceptors (Lipinski definition) is 1. The molecule has 0 spiro atoms. The SMILES string of the molecule is COC[SiH](C=C[SiH2]C(Cl)Cl)C=C[SiH2]C(Cl)Cl. The molecule has 0 saturated carbocycles. The summed E-state index contributed by atoms with van der Waals surface area (Å²) in [6.45, 7) is 0. The highest BCUT2D eigenvalue weighted by Gasteiger charge is 2.03. The van der Waals surface area contributed by atoms with Gasteiger partial charge in [-0.25, -0.2) is 0 Å². The smallest absolute Gasteiger partial charge is 0.113 e. The van der Waals surface area contributed by atoms with E-state index < -0.39 is 27.8 Å². The van der Waals surface area contributed by atoms with Gasteiger partial charge >= 0.3 is 0 Å². The fourth-order valence-corrected chi connectivity index (χ4v) is 7.52. The summed E-state index contributed by atoms with van der Waals surface area (Å²) in [6, 6.07) is 0. The van der Waals surface area contributed by atoms with Gasteiger partial charge in [-0.15, -0.1) is 57.8 Å². The summed E-state index contributed by atoms with van der Waals surface area (Å²) in [5.41, 5.74) is 8.78. The normalized spacial score (nSPS) is 16.2. The maximum Gasteiger partial charge on any atom is 0.113 e. The van der Waals surface area contributed by atoms with Crippen LogP contribution in [0.3, 0.4) is 0 Å². The molecular weight excluding hydrogens is 338 g/mol. The molecule has 0 atom stereocenters. The Kier molecular flexibility index (Phi) is 12.2. The van der Waals surface area contributed by atoms with Crippen LogP contribution < -0.4 is 0 Å². The molecule has 1 nitrogen and oxygen atoms in total. The van der Waals surface area contributed by atoms with E-state index in [1.54, 1.807) is 7.11 Å². The van der Waals surface area contributed by atoms with Crippen molar-refractivity contribution in [2.45, 2.75) is 8.92 Å². The van der Waals surface area contributed by atoms with E-state index in [4.69, 9.17) is 51.1 Å². The Balaban J connectivity index is 4.05. The van der Waals surface area contributed by atoms with E-state index in [1.807, 2.05) is 0 Å². The van der Waals surface area contributed by atoms with Crippen LogP contribution in [-0.4, -0.2) is 50.1 Å². The van der Waals surface area contributed by atoms with Gasteiger partial charge in [-0.05, 0) is 0 Å². The molecule has 94 valence electrons. The summed E-state index contributed by atoms with van der Waals surface area (Å²) in [4.78, 5) is 0. The van der Waals surface area contributed by atoms with Crippen molar-refractivity contribution in [2.75, 3.05) is 13.3 Å². The molecule has 8 heteroatoms. The minimum atomic E-state index is -1.10. The van der Waals surface area contributed by atoms with Gasteiger partial charge in [0.1, 0.15) is 8.80 Å². The maximum atomic E-state index is 5.70. The van der Waals surface area contributed by atoms with Crippen LogP contribution in [0.15, 0.2) is 22.8 Å². The van der Waals surface area contributed by atoms with Crippen molar-refractivity contribution in [3.05, 3.63) is 22.8 Å². The maximum absolute atomic E-state index is 5.70. The summed E-state index contributed by atoms with van der Waals surface area (Å²) in [5.74, 6) is 0. The molecular formula is C8H16Cl4OSi3. The summed E-state index contributed by atoms with van der Waals surface area (Å²) in [5, 5.41) is 0. The molecule has 0 heterocycles. The van der Waals surface area contributed by atoms with Crippen LogP contribution in [0.1, 0.15) is 0 Å². The lowest BCUT2D eigenvalue weighted by molar-refractivity contribution is 0.250. The molecule has 0 aliphatic carbocycles. The second-order valence-corrected chi connectivity index (χ2v) is 13.8. The molecule has 0 N–H and O–H groups in total. The Labute approximate surface area is 123 Å². The van der Waals surface area contributed by atoms with Crippen molar-refractivity contribution in [2.24, 2.45) is 0 Å². The first-order valence-corrected chi connectivity index (χ1v) is 12.1. The Hall–Kier alpha value is 1.25. The summed E-state index contributed by atoms with van der Waals surface area (Å²) >= 11 is 22.8. The van der Waals surface area contributed by atoms with E-state index in [1.165, 1.54) is 0 Å². The van der Waals surface area contributed by atoms with E-state index in [-0.39, 0.29) is 8.92 Å². The third kappa shape index (κ3) is 11.7. The quantitative estimate of drug-likeness (QED) is 0.473. The lowest BCUT2D eigenvalue weighted by Gasteiger charge is -2.04. The Morgan fingerprint density at radius 3 is 1.81 bits per heavy atom. The van der Waals surface area contributed by atoms with Gasteiger partial charge in [-0.3, -0.25) is 0 Å². The van der Waals surface area contributed by atoms with Gasteiger partial charge in [0.15, 0.2) is 0 Å². The molecule has 0 aromatic carbocycles. The van der Waals surface area contributed by atoms with Crippen molar-refractivity contribution in [3.63, 3.8) is 0 Å². The summed E-state index contributed by atoms with van der Waals surface area (Å²) < 4.78 is 4.79. The average Bonchev–Trinajstić information content (AvgIpc) is 2.16. The molecule has 0 amide bonds. The predicted octanol–water partition coefficient (Wildman–Crippen LogP) is 1.36. The molecule has 0 aliphatic rings. The van der Waals surface area contributed by atoms with Crippen LogP contribution >= 0.6 is 46.4 Å². The largest absolute Gasteiger partial charge is 0.388 e. The van der Waals surface area contributed by atoms with E-state index in [9.17, 15) is 0 Å². The van der Waals surface area contributed by atoms with E-state index in [2.05, 4.69) is 22.8 Å². The van der Waals surface area contributed by atoms with Crippen LogP contribution in [0.4, 0.5) is 0 Å². The van der Waals surface area contributed by atoms with Crippen LogP contribution in [-0.2, 0) is 4.74 Å². The fourth-order valence-electron chi connectivity index (χ4n) is 1.08. The van der Waals surface area contributed by atoms with E-state index >= 15 is 0 Å². The van der Waals surface area contributed by atoms with Gasteiger partial charge in [0.25, 0.3) is 0 Å². The molecule has 0 aliphatic heterocycles. The highest BCUT2D eigenvalue weighted by atomic mass is 35.5. The Bertz CT molecular complexity index is 203. The van der Waals surface area contributed by atoms with Gasteiger partial charge in [-0.1, -0.05) is 11.4 Å². The standard InChI is InChI=1S/C8H16Cl4OSi3/c1-13-6-16(4-2-14-7(9)10)5-3-15-8(11)12/h2-5,7-8,16H,6,14-15H2,1H3. The molecule has 0 aromatic rings. The van der Waals surface area contributed by atoms with E-state index in [0.717, 1.165) is 6.23 Å². The topological polar surface area (TPSA) is 9.23 Å². The first-order chi connectivity index (χ1) is 7.56. The Morgan fingerprint density at radius 2 is 1.50 bits per heavy atom. The van der Waals surface area contributed by atoms with Crippen molar-refractivity contribution in [1.29, 1.82) is 0 Å². The molecule has 0 rings (SSSR count). The van der Waals surface area contributed by atoms with Crippen molar-refractivity contribution in [3.8, 4) is 0 Å². The zero-order chi connectivity index (χ0) is 12.4. The lowest BCUT2D eigenvalue weighted by atomic mass is 11.2. The minimum Gasteiger partial charge on any atom is -0.388 e. The molecule has 0 unspecified atom stereocenters. The van der Waals surface area contributed by atoms with Gasteiger partial charge in [0.05, 0.1) is 28.0 Å². The molecule has 0 saturated heterocycles. The van der Waals surface area contributed by atoms with Gasteiger partial charge in [0, 0.05) is 13.3 Å². The fraction of sp³-hybridized carbons (Fsp3) is 0.500. The van der Waals surface area contributed by atoms with Crippen molar-refractivity contribution in [1.82, 2.24) is 0 Å². The number of ether oxygens (including phenoxy) is 1. The number of rotatable bonds is 8. The zero-order valence-corrected chi connectivity index (χ0v) is 16.1. The second kappa shape index (κ2) is 11.3. The van der Waals surface area contributed by atoms with Crippen molar-refractivity contribution < 1.29 is 4.74 Å². The zero-order valence-electron chi connectivity index (χ0n) is 9.08. The molecule has 0 radical (unpaired) electrons. The molecule has 16 heavy (non-hydrogen) atoms. The second-order valence-electron chi connectivity index (χ2n) is 3.23. The third-order valence-electron chi connectivity index (χ3n) is 1.75. The Morgan fingerprint density at radius 1 is 1.06 bits per heavy atom. The van der Waals surface area contributed by atoms with E-state index in [0.29, 0.717) is 0 Å². The molecule has 0 fully saturated rings. The van der Waals surface area contributed by atoms with Crippen LogP contribution in [0.5, 0.6) is 0 Å². The van der Waals surface area contributed by atoms with Crippen LogP contribution in [0.25, 0.3) is 0 Å². The van der Waals surface area contributed by atoms with Crippen molar-refractivity contribution >= 4 is 74.2 Å². The predicted molar refractivity (Wildman–Crippen MR) is 85.4 cm³/mol. The lowest BCUT2D eigenvalue weighted by Crippen LogP contribution is -2.16. The number of hydrogen-bond donors (Lipinski definition) is 0. The molecule has 0 aromatic heterocycles. The third-order valence-corrected chi connectivity index (χ3v) is 9.03. The number of halogens is 4. The summed E-state index contributed by atoms with van der Waals surface area (Å²) in [7, 11) is -0.379. The first kappa shape index (κ1) is 17.3. The first-order valence-electron chi connectivity index (χ1n) is 4.94. The van der Waals surface area contributed by atoms with Gasteiger partial charge < -0.3 is 4.74 Å². The molecule has 0 bridgehead atoms. The van der Waals surface area contributed by atoms with Gasteiger partial charge in [-0.2, -0.15) is 0 Å². The minimum absolute atomic E-state index is 0.193. The monoisotopic (exact) mass is 352 g/mol. The van der Waals surface area contributed by atoms with Crippen LogP contribution in [0.2, 0.25) is 0 Å². The highest BCUT2D eigenvalue weighted by Crippen LogP contribution is 2.01.